The van der Waals surface area contributed by atoms with Gasteiger partial charge in [-0.25, -0.2) is 0 Å². The number of furan rings is 1. The molecule has 1 atom stereocenters. The SMILES string of the molecule is O=C(NCC1(N2CCOCC2)CCSC1)c1ccc(Br)o1. The largest absolute Gasteiger partial charge is 0.444 e. The fourth-order valence-electron chi connectivity index (χ4n) is 2.90. The minimum absolute atomic E-state index is 0.0634. The van der Waals surface area contributed by atoms with Gasteiger partial charge in [0.05, 0.1) is 13.2 Å². The van der Waals surface area contributed by atoms with Crippen molar-refractivity contribution in [1.29, 1.82) is 0 Å². The number of nitrogens with one attached hydrogen (secondary N) is 1. The molecule has 0 aromatic carbocycles. The summed E-state index contributed by atoms with van der Waals surface area (Å²) in [6.07, 6.45) is 1.11. The number of thioether (sulfide) groups is 1. The molecule has 0 aliphatic carbocycles. The van der Waals surface area contributed by atoms with E-state index < -0.39 is 0 Å². The summed E-state index contributed by atoms with van der Waals surface area (Å²) in [6, 6.07) is 3.42. The molecule has 1 N–H and O–H groups in total. The molecule has 2 aliphatic rings. The van der Waals surface area contributed by atoms with E-state index in [1.54, 1.807) is 12.1 Å². The minimum atomic E-state index is -0.148. The molecular formula is C14H19BrN2O3S. The van der Waals surface area contributed by atoms with Crippen LogP contribution in [0.15, 0.2) is 21.2 Å². The lowest BCUT2D eigenvalue weighted by Crippen LogP contribution is -2.59. The highest BCUT2D eigenvalue weighted by Crippen LogP contribution is 2.33. The molecule has 0 spiro atoms. The van der Waals surface area contributed by atoms with Gasteiger partial charge >= 0.3 is 0 Å². The zero-order valence-corrected chi connectivity index (χ0v) is 14.2. The first kappa shape index (κ1) is 15.4. The summed E-state index contributed by atoms with van der Waals surface area (Å²) >= 11 is 5.18. The lowest BCUT2D eigenvalue weighted by atomic mass is 9.95. The molecule has 3 rings (SSSR count). The van der Waals surface area contributed by atoms with E-state index >= 15 is 0 Å². The molecule has 0 bridgehead atoms. The van der Waals surface area contributed by atoms with E-state index in [0.29, 0.717) is 17.0 Å². The standard InChI is InChI=1S/C14H19BrN2O3S/c15-12-2-1-11(20-12)13(18)16-9-14(3-8-21-10-14)17-4-6-19-7-5-17/h1-2H,3-10H2,(H,16,18). The smallest absolute Gasteiger partial charge is 0.287 e. The number of nitrogens with zero attached hydrogens (tertiary/aromatic N) is 1. The summed E-state index contributed by atoms with van der Waals surface area (Å²) in [6.45, 7) is 4.12. The van der Waals surface area contributed by atoms with Crippen molar-refractivity contribution in [3.05, 3.63) is 22.6 Å². The van der Waals surface area contributed by atoms with Gasteiger partial charge in [-0.15, -0.1) is 0 Å². The van der Waals surface area contributed by atoms with Crippen molar-refractivity contribution in [3.63, 3.8) is 0 Å². The number of ether oxygens (including phenoxy) is 1. The van der Waals surface area contributed by atoms with E-state index in [-0.39, 0.29) is 11.4 Å². The quantitative estimate of drug-likeness (QED) is 0.872. The van der Waals surface area contributed by atoms with E-state index in [4.69, 9.17) is 9.15 Å². The minimum Gasteiger partial charge on any atom is -0.444 e. The second-order valence-electron chi connectivity index (χ2n) is 5.41. The van der Waals surface area contributed by atoms with Crippen molar-refractivity contribution >= 4 is 33.6 Å². The summed E-state index contributed by atoms with van der Waals surface area (Å²) in [5, 5.41) is 3.04. The van der Waals surface area contributed by atoms with Crippen LogP contribution in [0.3, 0.4) is 0 Å². The third-order valence-electron chi connectivity index (χ3n) is 4.14. The van der Waals surface area contributed by atoms with Crippen LogP contribution in [0.5, 0.6) is 0 Å². The Morgan fingerprint density at radius 3 is 2.86 bits per heavy atom. The first-order valence-corrected chi connectivity index (χ1v) is 9.08. The molecule has 5 nitrogen and oxygen atoms in total. The van der Waals surface area contributed by atoms with Gasteiger partial charge in [-0.05, 0) is 40.2 Å². The predicted molar refractivity (Wildman–Crippen MR) is 85.8 cm³/mol. The number of carbonyl (C=O) groups is 1. The molecule has 7 heteroatoms. The maximum absolute atomic E-state index is 12.2. The van der Waals surface area contributed by atoms with Crippen LogP contribution in [0.2, 0.25) is 0 Å². The normalized spacial score (nSPS) is 26.9. The molecule has 2 aliphatic heterocycles. The Bertz CT molecular complexity index is 496. The van der Waals surface area contributed by atoms with Crippen LogP contribution in [0.4, 0.5) is 0 Å². The number of hydrogen-bond acceptors (Lipinski definition) is 5. The Kier molecular flexibility index (Phi) is 4.93. The lowest BCUT2D eigenvalue weighted by Gasteiger charge is -2.42. The van der Waals surface area contributed by atoms with Gasteiger partial charge in [0.2, 0.25) is 0 Å². The van der Waals surface area contributed by atoms with E-state index in [0.717, 1.165) is 44.2 Å². The summed E-state index contributed by atoms with van der Waals surface area (Å²) in [5.41, 5.74) is 0.0634. The van der Waals surface area contributed by atoms with Crippen molar-refractivity contribution in [2.24, 2.45) is 0 Å². The maximum atomic E-state index is 12.2. The van der Waals surface area contributed by atoms with Gasteiger partial charge in [-0.3, -0.25) is 9.69 Å². The average Bonchev–Trinajstić information content (AvgIpc) is 3.16. The number of hydrogen-bond donors (Lipinski definition) is 1. The van der Waals surface area contributed by atoms with Crippen LogP contribution in [0, 0.1) is 0 Å². The number of amides is 1. The maximum Gasteiger partial charge on any atom is 0.287 e. The highest BCUT2D eigenvalue weighted by molar-refractivity contribution is 9.10. The molecule has 1 unspecified atom stereocenters. The molecular weight excluding hydrogens is 356 g/mol. The van der Waals surface area contributed by atoms with Crippen LogP contribution in [-0.4, -0.2) is 60.7 Å². The van der Waals surface area contributed by atoms with Crippen LogP contribution in [0.25, 0.3) is 0 Å². The summed E-state index contributed by atoms with van der Waals surface area (Å²) in [4.78, 5) is 14.6. The van der Waals surface area contributed by atoms with Gasteiger partial charge < -0.3 is 14.5 Å². The van der Waals surface area contributed by atoms with E-state index in [2.05, 4.69) is 26.1 Å². The lowest BCUT2D eigenvalue weighted by molar-refractivity contribution is -0.0129. The molecule has 116 valence electrons. The number of rotatable bonds is 4. The fourth-order valence-corrected chi connectivity index (χ4v) is 4.69. The topological polar surface area (TPSA) is 54.7 Å². The average molecular weight is 375 g/mol. The van der Waals surface area contributed by atoms with Crippen molar-refractivity contribution in [1.82, 2.24) is 10.2 Å². The fraction of sp³-hybridized carbons (Fsp3) is 0.643. The second kappa shape index (κ2) is 6.73. The van der Waals surface area contributed by atoms with Crippen LogP contribution in [-0.2, 0) is 4.74 Å². The molecule has 1 aromatic heterocycles. The van der Waals surface area contributed by atoms with Crippen molar-refractivity contribution in [3.8, 4) is 0 Å². The zero-order valence-electron chi connectivity index (χ0n) is 11.8. The molecule has 0 radical (unpaired) electrons. The number of carbonyl (C=O) groups excluding carboxylic acids is 1. The Balaban J connectivity index is 1.64. The number of morpholine rings is 1. The van der Waals surface area contributed by atoms with Gasteiger partial charge in [-0.2, -0.15) is 11.8 Å². The first-order valence-electron chi connectivity index (χ1n) is 7.14. The molecule has 1 amide bonds. The Morgan fingerprint density at radius 1 is 1.43 bits per heavy atom. The molecule has 2 saturated heterocycles. The molecule has 3 heterocycles. The van der Waals surface area contributed by atoms with Crippen LogP contribution in [0.1, 0.15) is 17.0 Å². The zero-order chi connectivity index (χ0) is 14.7. The highest BCUT2D eigenvalue weighted by Gasteiger charge is 2.41. The van der Waals surface area contributed by atoms with Crippen LogP contribution < -0.4 is 5.32 Å². The highest BCUT2D eigenvalue weighted by atomic mass is 79.9. The van der Waals surface area contributed by atoms with E-state index in [1.165, 1.54) is 0 Å². The van der Waals surface area contributed by atoms with Gasteiger partial charge in [0, 0.05) is 30.9 Å². The predicted octanol–water partition coefficient (Wildman–Crippen LogP) is 1.98. The summed E-state index contributed by atoms with van der Waals surface area (Å²) in [7, 11) is 0. The molecule has 2 fully saturated rings. The van der Waals surface area contributed by atoms with Gasteiger partial charge in [0.15, 0.2) is 10.4 Å². The molecule has 1 aromatic rings. The summed E-state index contributed by atoms with van der Waals surface area (Å²) in [5.74, 6) is 2.42. The molecule has 21 heavy (non-hydrogen) atoms. The van der Waals surface area contributed by atoms with Crippen molar-refractivity contribution in [2.75, 3.05) is 44.4 Å². The van der Waals surface area contributed by atoms with Crippen LogP contribution >= 0.6 is 27.7 Å². The monoisotopic (exact) mass is 374 g/mol. The number of halogens is 1. The second-order valence-corrected chi connectivity index (χ2v) is 7.30. The Hall–Kier alpha value is -0.500. The van der Waals surface area contributed by atoms with Gasteiger partial charge in [-0.1, -0.05) is 0 Å². The Labute approximate surface area is 136 Å². The van der Waals surface area contributed by atoms with E-state index in [9.17, 15) is 4.79 Å². The van der Waals surface area contributed by atoms with Gasteiger partial charge in [0.1, 0.15) is 0 Å². The first-order chi connectivity index (χ1) is 10.2. The van der Waals surface area contributed by atoms with Gasteiger partial charge in [0.25, 0.3) is 5.91 Å². The Morgan fingerprint density at radius 2 is 2.24 bits per heavy atom. The van der Waals surface area contributed by atoms with Crippen molar-refractivity contribution in [2.45, 2.75) is 12.0 Å². The van der Waals surface area contributed by atoms with Crippen molar-refractivity contribution < 1.29 is 13.9 Å². The molecule has 0 saturated carbocycles. The van der Waals surface area contributed by atoms with E-state index in [1.807, 2.05) is 11.8 Å². The third-order valence-corrected chi connectivity index (χ3v) is 5.80. The third kappa shape index (κ3) is 3.47. The summed E-state index contributed by atoms with van der Waals surface area (Å²) < 4.78 is 11.3.